The zero-order chi connectivity index (χ0) is 65.8. The van der Waals surface area contributed by atoms with Crippen LogP contribution >= 0.6 is 22.7 Å². The van der Waals surface area contributed by atoms with Crippen LogP contribution in [0, 0.1) is 37.5 Å². The lowest BCUT2D eigenvalue weighted by Crippen LogP contribution is -2.62. The Bertz CT molecular complexity index is 3140. The van der Waals surface area contributed by atoms with Gasteiger partial charge in [0.2, 0.25) is 47.3 Å². The lowest BCUT2D eigenvalue weighted by molar-refractivity contribution is -0.143. The Labute approximate surface area is 537 Å². The Hall–Kier alpha value is -6.86. The Morgan fingerprint density at radius 1 is 0.522 bits per heavy atom. The molecule has 0 radical (unpaired) electrons. The summed E-state index contributed by atoms with van der Waals surface area (Å²) in [5, 5.41) is 31.5. The number of hydrogen-bond donors (Lipinski definition) is 10. The molecular weight excluding hydrogens is 1190 g/mol. The number of nitrogens with zero attached hydrogens (tertiary/aromatic N) is 2. The monoisotopic (exact) mass is 1280 g/mol. The number of amides is 9. The molecule has 24 heteroatoms. The van der Waals surface area contributed by atoms with Gasteiger partial charge in [0.15, 0.2) is 5.78 Å². The highest BCUT2D eigenvalue weighted by molar-refractivity contribution is 7.14. The van der Waals surface area contributed by atoms with Gasteiger partial charge < -0.3 is 63.6 Å². The highest BCUT2D eigenvalue weighted by atomic mass is 32.1. The van der Waals surface area contributed by atoms with E-state index < -0.39 is 137 Å². The summed E-state index contributed by atoms with van der Waals surface area (Å²) in [6.45, 7) is 18.5. The first kappa shape index (κ1) is 70.6. The predicted octanol–water partition coefficient (Wildman–Crippen LogP) is 4.41. The maximum atomic E-state index is 15.0. The minimum atomic E-state index is -1.53. The second-order valence-electron chi connectivity index (χ2n) is 25.8. The number of carbonyl (C=O) groups is 10. The third-order valence-electron chi connectivity index (χ3n) is 17.7. The van der Waals surface area contributed by atoms with Crippen LogP contribution in [0.5, 0.6) is 0 Å². The van der Waals surface area contributed by atoms with E-state index in [2.05, 4.69) is 37.2 Å². The van der Waals surface area contributed by atoms with Crippen LogP contribution in [0.1, 0.15) is 172 Å². The number of nitrogens with one attached hydrogen (secondary N) is 7. The summed E-state index contributed by atoms with van der Waals surface area (Å²) in [5.74, 6) is -8.14. The average molecular weight is 1280 g/mol. The van der Waals surface area contributed by atoms with Crippen molar-refractivity contribution in [2.75, 3.05) is 26.2 Å². The molecule has 2 fully saturated rings. The highest BCUT2D eigenvalue weighted by Crippen LogP contribution is 2.45. The van der Waals surface area contributed by atoms with Crippen LogP contribution in [-0.2, 0) is 44.8 Å². The van der Waals surface area contributed by atoms with Gasteiger partial charge in [-0.15, -0.1) is 22.7 Å². The molecule has 492 valence electrons. The van der Waals surface area contributed by atoms with Gasteiger partial charge in [-0.05, 0) is 161 Å². The largest absolute Gasteiger partial charge is 0.390 e. The molecule has 4 bridgehead atoms. The summed E-state index contributed by atoms with van der Waals surface area (Å²) in [5.41, 5.74) is 16.4. The number of rotatable bonds is 13. The van der Waals surface area contributed by atoms with Crippen molar-refractivity contribution in [3.8, 4) is 0 Å². The summed E-state index contributed by atoms with van der Waals surface area (Å²) in [7, 11) is 0. The van der Waals surface area contributed by atoms with Gasteiger partial charge in [-0.25, -0.2) is 0 Å². The summed E-state index contributed by atoms with van der Waals surface area (Å²) >= 11 is 2.59. The first-order chi connectivity index (χ1) is 42.8. The third-order valence-corrected chi connectivity index (χ3v) is 19.8. The van der Waals surface area contributed by atoms with E-state index in [0.717, 1.165) is 38.4 Å². The fraction of sp³-hybridized carbons (Fsp3) is 0.606. The number of aryl methyl sites for hydroxylation is 2. The summed E-state index contributed by atoms with van der Waals surface area (Å²) < 4.78 is 0. The number of nitrogens with two attached hydrogens (primary N) is 2. The van der Waals surface area contributed by atoms with Crippen LogP contribution < -0.4 is 48.7 Å². The predicted molar refractivity (Wildman–Crippen MR) is 347 cm³/mol. The van der Waals surface area contributed by atoms with Crippen molar-refractivity contribution >= 4 is 92.8 Å². The molecule has 0 unspecified atom stereocenters. The van der Waals surface area contributed by atoms with Crippen LogP contribution in [0.3, 0.4) is 0 Å². The smallest absolute Gasteiger partial charge is 0.262 e. The van der Waals surface area contributed by atoms with Gasteiger partial charge in [-0.3, -0.25) is 47.9 Å². The number of thiophene rings is 2. The molecule has 2 saturated heterocycles. The Morgan fingerprint density at radius 2 is 0.978 bits per heavy atom. The minimum absolute atomic E-state index is 0.000575. The van der Waals surface area contributed by atoms with Gasteiger partial charge in [0.05, 0.1) is 21.9 Å². The van der Waals surface area contributed by atoms with E-state index in [9.17, 15) is 53.1 Å². The molecule has 22 nitrogen and oxygen atoms in total. The number of ketones is 1. The van der Waals surface area contributed by atoms with Crippen molar-refractivity contribution in [2.45, 2.75) is 207 Å². The summed E-state index contributed by atoms with van der Waals surface area (Å²) in [4.78, 5) is 152. The van der Waals surface area contributed by atoms with Crippen LogP contribution in [0.4, 0.5) is 0 Å². The fourth-order valence-electron chi connectivity index (χ4n) is 12.5. The fourth-order valence-corrected chi connectivity index (χ4v) is 14.5. The molecule has 1 aliphatic carbocycles. The van der Waals surface area contributed by atoms with Crippen LogP contribution in [0.2, 0.25) is 0 Å². The van der Waals surface area contributed by atoms with E-state index in [4.69, 9.17) is 11.5 Å². The second kappa shape index (κ2) is 31.9. The number of hydrogen-bond acceptors (Lipinski definition) is 15. The molecule has 3 aliphatic heterocycles. The minimum Gasteiger partial charge on any atom is -0.390 e. The first-order valence-electron chi connectivity index (χ1n) is 32.1. The van der Waals surface area contributed by atoms with Crippen molar-refractivity contribution in [3.63, 3.8) is 0 Å². The lowest BCUT2D eigenvalue weighted by atomic mass is 9.96. The molecule has 10 atom stereocenters. The molecule has 12 N–H and O–H groups in total. The number of Topliss-reactive ketones (excluding diaryl/α,β-unsaturated/α-hetero) is 1. The molecule has 5 heterocycles. The van der Waals surface area contributed by atoms with Crippen molar-refractivity contribution in [2.24, 2.45) is 35.1 Å². The van der Waals surface area contributed by atoms with Crippen LogP contribution in [0.15, 0.2) is 42.5 Å². The van der Waals surface area contributed by atoms with Gasteiger partial charge >= 0.3 is 0 Å². The standard InChI is InChI=1S/C66H95N11O11S2/c1-34(2)52-63(85)71-47(31-40-19-12-11-13-20-40)65(87)77-30-18-26-49(77)60(82)73-53(35(3)4)62(84)69-46(24-16-28-68)59(81)74-54(36(5)6)66(88)76-29-17-25-48(76)57(79)50-32-43(38(9)89-50)41-21-14-22-42(41)44-33-51(90-39(44)10)61(83)75-55(56(78)37(7)8)64(86)70-45(23-15-27-67)58(80)72-52/h11-13,19-20,32-37,45-49,52-56,78H,14-18,21-31,67-68H2,1-10H3,(H,69,84)(H,70,86)(H,71,85)(H,72,80)(H,73,82)(H,74,81)(H,75,83)/t45-,46-,47+,48+,49-,52-,53-,54-,55-,56+/m0/s1. The zero-order valence-corrected chi connectivity index (χ0v) is 55.5. The number of fused-ring (bicyclic) bond motifs is 8. The van der Waals surface area contributed by atoms with E-state index in [1.807, 2.05) is 19.9 Å². The molecule has 1 aromatic carbocycles. The maximum absolute atomic E-state index is 15.0. The molecule has 4 aliphatic rings. The van der Waals surface area contributed by atoms with Crippen molar-refractivity contribution in [1.29, 1.82) is 0 Å². The number of carbonyl (C=O) groups excluding carboxylic acids is 10. The van der Waals surface area contributed by atoms with E-state index in [1.165, 1.54) is 27.6 Å². The van der Waals surface area contributed by atoms with Crippen molar-refractivity contribution in [3.05, 3.63) is 78.7 Å². The second-order valence-corrected chi connectivity index (χ2v) is 28.3. The van der Waals surface area contributed by atoms with E-state index >= 15 is 0 Å². The van der Waals surface area contributed by atoms with E-state index in [1.54, 1.807) is 96.7 Å². The van der Waals surface area contributed by atoms with Gasteiger partial charge in [0, 0.05) is 29.3 Å². The SMILES string of the molecule is Cc1sc2cc1C1=C(CCC1)c1cc(sc1C)C(=O)[C@H]1CCCN1C(=O)[C@H](C(C)C)NC(=O)[C@H](CCCN)NC(=O)[C@H](C(C)C)NC(=O)[C@@H]1CCCN1C(=O)[C@@H](Cc1ccccc1)NC(=O)[C@H](C(C)C)NC(=O)[C@H](CCCN)NC(=O)[C@H]([C@H](O)C(C)C)NC2=O. The normalized spacial score (nSPS) is 25.6. The zero-order valence-electron chi connectivity index (χ0n) is 53.8. The van der Waals surface area contributed by atoms with Gasteiger partial charge in [0.1, 0.15) is 48.3 Å². The molecular formula is C66H95N11O11S2. The van der Waals surface area contributed by atoms with Crippen LogP contribution in [-0.4, -0.2) is 161 Å². The third kappa shape index (κ3) is 17.0. The molecule has 90 heavy (non-hydrogen) atoms. The number of aliphatic hydroxyl groups is 1. The average Bonchev–Trinajstić information content (AvgIpc) is 1.68. The van der Waals surface area contributed by atoms with E-state index in [0.29, 0.717) is 49.0 Å². The quantitative estimate of drug-likeness (QED) is 0.114. The number of aliphatic hydroxyl groups excluding tert-OH is 1. The number of allylic oxidation sites excluding steroid dienone is 2. The van der Waals surface area contributed by atoms with Gasteiger partial charge in [-0.2, -0.15) is 0 Å². The molecule has 2 aromatic heterocycles. The van der Waals surface area contributed by atoms with Gasteiger partial charge in [-0.1, -0.05) is 85.7 Å². The molecule has 7 rings (SSSR count). The Kier molecular flexibility index (Phi) is 25.0. The molecule has 3 aromatic rings. The van der Waals surface area contributed by atoms with Crippen LogP contribution in [0.25, 0.3) is 11.1 Å². The number of benzene rings is 1. The summed E-state index contributed by atoms with van der Waals surface area (Å²) in [6, 6.07) is 1.99. The molecule has 0 spiro atoms. The van der Waals surface area contributed by atoms with Crippen molar-refractivity contribution < 1.29 is 53.1 Å². The topological polar surface area (TPSA) is 334 Å². The molecule has 0 saturated carbocycles. The van der Waals surface area contributed by atoms with E-state index in [-0.39, 0.29) is 68.9 Å². The van der Waals surface area contributed by atoms with Gasteiger partial charge in [0.25, 0.3) is 5.91 Å². The highest BCUT2D eigenvalue weighted by Gasteiger charge is 2.44. The lowest BCUT2D eigenvalue weighted by Gasteiger charge is -2.33. The first-order valence-corrected chi connectivity index (χ1v) is 33.7. The Morgan fingerprint density at radius 3 is 1.49 bits per heavy atom. The Balaban J connectivity index is 1.27. The maximum Gasteiger partial charge on any atom is 0.262 e. The van der Waals surface area contributed by atoms with Crippen molar-refractivity contribution in [1.82, 2.24) is 47.0 Å². The molecule has 9 amide bonds. The summed E-state index contributed by atoms with van der Waals surface area (Å²) in [6.07, 6.45) is 3.16.